The van der Waals surface area contributed by atoms with Crippen LogP contribution < -0.4 is 5.32 Å². The molecule has 2 aliphatic rings. The van der Waals surface area contributed by atoms with Crippen LogP contribution in [0.15, 0.2) is 36.4 Å². The molecule has 2 aliphatic heterocycles. The van der Waals surface area contributed by atoms with Crippen molar-refractivity contribution in [3.63, 3.8) is 0 Å². The number of nitrogens with zero attached hydrogens (tertiary/aromatic N) is 1. The molecular weight excluding hydrogens is 371 g/mol. The van der Waals surface area contributed by atoms with Crippen molar-refractivity contribution in [2.24, 2.45) is 5.92 Å². The van der Waals surface area contributed by atoms with Gasteiger partial charge >= 0.3 is 0 Å². The fraction of sp³-hybridized carbons (Fsp3) is 0.500. The first-order valence-electron chi connectivity index (χ1n) is 9.08. The van der Waals surface area contributed by atoms with E-state index in [0.717, 1.165) is 57.6 Å². The van der Waals surface area contributed by atoms with E-state index in [0.29, 0.717) is 17.7 Å². The van der Waals surface area contributed by atoms with E-state index in [9.17, 15) is 5.11 Å². The minimum atomic E-state index is 0. The van der Waals surface area contributed by atoms with Crippen LogP contribution in [-0.4, -0.2) is 49.4 Å². The Morgan fingerprint density at radius 3 is 2.31 bits per heavy atom. The van der Waals surface area contributed by atoms with E-state index in [2.05, 4.69) is 28.4 Å². The van der Waals surface area contributed by atoms with E-state index >= 15 is 0 Å². The number of hydrogen-bond donors (Lipinski definition) is 2. The first-order valence-corrected chi connectivity index (χ1v) is 9.08. The highest BCUT2D eigenvalue weighted by atomic mass is 35.5. The summed E-state index contributed by atoms with van der Waals surface area (Å²) >= 11 is 0. The van der Waals surface area contributed by atoms with Crippen LogP contribution in [-0.2, 0) is 4.74 Å². The van der Waals surface area contributed by atoms with Gasteiger partial charge in [-0.3, -0.25) is 4.90 Å². The van der Waals surface area contributed by atoms with Gasteiger partial charge in [0, 0.05) is 50.8 Å². The lowest BCUT2D eigenvalue weighted by Crippen LogP contribution is -2.47. The normalized spacial score (nSPS) is 20.2. The Balaban J connectivity index is 0.00000121. The standard InChI is InChI=1S/C20H26N2O2.2ClH/c23-19-6-5-18(16-3-1-2-4-17(16)19)20(15-7-13-24-14-8-15)22-11-9-21-10-12-22;;/h1-6,15,20-21,23H,7-14H2;2*1H/t20-;;/m0../s1. The van der Waals surface area contributed by atoms with E-state index in [1.807, 2.05) is 18.2 Å². The molecule has 2 fully saturated rings. The van der Waals surface area contributed by atoms with Crippen molar-refractivity contribution < 1.29 is 9.84 Å². The van der Waals surface area contributed by atoms with E-state index in [-0.39, 0.29) is 24.8 Å². The van der Waals surface area contributed by atoms with Gasteiger partial charge in [-0.15, -0.1) is 24.8 Å². The highest BCUT2D eigenvalue weighted by Crippen LogP contribution is 2.40. The molecule has 2 N–H and O–H groups in total. The molecule has 0 aliphatic carbocycles. The van der Waals surface area contributed by atoms with Crippen LogP contribution >= 0.6 is 24.8 Å². The summed E-state index contributed by atoms with van der Waals surface area (Å²) in [4.78, 5) is 2.63. The molecule has 2 aromatic rings. The highest BCUT2D eigenvalue weighted by Gasteiger charge is 2.32. The fourth-order valence-electron chi connectivity index (χ4n) is 4.31. The SMILES string of the molecule is Cl.Cl.Oc1ccc([C@H](C2CCOCC2)N2CCNCC2)c2ccccc12. The maximum Gasteiger partial charge on any atom is 0.123 e. The molecule has 2 heterocycles. The van der Waals surface area contributed by atoms with Gasteiger partial charge in [0.15, 0.2) is 0 Å². The molecule has 0 unspecified atom stereocenters. The Kier molecular flexibility index (Phi) is 7.99. The van der Waals surface area contributed by atoms with Gasteiger partial charge in [-0.05, 0) is 35.8 Å². The van der Waals surface area contributed by atoms with Crippen molar-refractivity contribution >= 4 is 35.6 Å². The third kappa shape index (κ3) is 4.26. The van der Waals surface area contributed by atoms with Crippen molar-refractivity contribution in [2.45, 2.75) is 18.9 Å². The molecule has 4 rings (SSSR count). The maximum absolute atomic E-state index is 10.3. The number of benzene rings is 2. The zero-order chi connectivity index (χ0) is 16.4. The maximum atomic E-state index is 10.3. The number of phenolic OH excluding ortho intramolecular Hbond substituents is 1. The predicted molar refractivity (Wildman–Crippen MR) is 111 cm³/mol. The third-order valence-electron chi connectivity index (χ3n) is 5.51. The second-order valence-electron chi connectivity index (χ2n) is 6.90. The number of piperazine rings is 1. The molecule has 0 radical (unpaired) electrons. The summed E-state index contributed by atoms with van der Waals surface area (Å²) in [6.07, 6.45) is 2.23. The summed E-state index contributed by atoms with van der Waals surface area (Å²) in [5.41, 5.74) is 1.36. The van der Waals surface area contributed by atoms with Crippen LogP contribution in [0.3, 0.4) is 0 Å². The lowest BCUT2D eigenvalue weighted by atomic mass is 9.83. The average molecular weight is 399 g/mol. The Bertz CT molecular complexity index is 683. The van der Waals surface area contributed by atoms with Crippen molar-refractivity contribution in [3.8, 4) is 5.75 Å². The molecule has 2 saturated heterocycles. The van der Waals surface area contributed by atoms with Crippen LogP contribution in [0.1, 0.15) is 24.4 Å². The smallest absolute Gasteiger partial charge is 0.123 e. The molecule has 1 atom stereocenters. The number of fused-ring (bicyclic) bond motifs is 1. The van der Waals surface area contributed by atoms with E-state index in [1.54, 1.807) is 0 Å². The van der Waals surface area contributed by atoms with Gasteiger partial charge in [-0.25, -0.2) is 0 Å². The quantitative estimate of drug-likeness (QED) is 0.825. The second kappa shape index (κ2) is 9.77. The van der Waals surface area contributed by atoms with Crippen molar-refractivity contribution in [2.75, 3.05) is 39.4 Å². The molecule has 0 bridgehead atoms. The molecule has 0 spiro atoms. The Morgan fingerprint density at radius 2 is 1.62 bits per heavy atom. The Hall–Kier alpha value is -1.04. The molecule has 2 aromatic carbocycles. The highest BCUT2D eigenvalue weighted by molar-refractivity contribution is 5.91. The summed E-state index contributed by atoms with van der Waals surface area (Å²) in [6.45, 7) is 5.99. The number of nitrogens with one attached hydrogen (secondary N) is 1. The molecule has 4 nitrogen and oxygen atoms in total. The molecule has 144 valence electrons. The summed E-state index contributed by atoms with van der Waals surface area (Å²) in [5, 5.41) is 15.9. The van der Waals surface area contributed by atoms with Crippen LogP contribution in [0.4, 0.5) is 0 Å². The van der Waals surface area contributed by atoms with Gasteiger partial charge in [0.1, 0.15) is 5.75 Å². The van der Waals surface area contributed by atoms with Crippen molar-refractivity contribution in [3.05, 3.63) is 42.0 Å². The minimum absolute atomic E-state index is 0. The topological polar surface area (TPSA) is 44.7 Å². The molecule has 0 saturated carbocycles. The fourth-order valence-corrected chi connectivity index (χ4v) is 4.31. The minimum Gasteiger partial charge on any atom is -0.507 e. The molecule has 0 amide bonds. The zero-order valence-corrected chi connectivity index (χ0v) is 16.5. The van der Waals surface area contributed by atoms with Gasteiger partial charge in [-0.1, -0.05) is 30.3 Å². The van der Waals surface area contributed by atoms with Gasteiger partial charge in [-0.2, -0.15) is 0 Å². The molecule has 26 heavy (non-hydrogen) atoms. The van der Waals surface area contributed by atoms with E-state index in [4.69, 9.17) is 4.74 Å². The largest absolute Gasteiger partial charge is 0.507 e. The monoisotopic (exact) mass is 398 g/mol. The Labute approximate surface area is 167 Å². The first-order chi connectivity index (χ1) is 11.8. The molecular formula is C20H28Cl2N2O2. The van der Waals surface area contributed by atoms with Gasteiger partial charge in [0.2, 0.25) is 0 Å². The number of aromatic hydroxyl groups is 1. The number of rotatable bonds is 3. The van der Waals surface area contributed by atoms with Crippen molar-refractivity contribution in [1.82, 2.24) is 10.2 Å². The van der Waals surface area contributed by atoms with Gasteiger partial charge in [0.05, 0.1) is 0 Å². The van der Waals surface area contributed by atoms with Gasteiger partial charge < -0.3 is 15.2 Å². The zero-order valence-electron chi connectivity index (χ0n) is 14.9. The summed E-state index contributed by atoms with van der Waals surface area (Å²) in [7, 11) is 0. The van der Waals surface area contributed by atoms with Crippen LogP contribution in [0.2, 0.25) is 0 Å². The summed E-state index contributed by atoms with van der Waals surface area (Å²) < 4.78 is 5.61. The summed E-state index contributed by atoms with van der Waals surface area (Å²) in [5.74, 6) is 0.991. The molecule has 6 heteroatoms. The van der Waals surface area contributed by atoms with E-state index < -0.39 is 0 Å². The van der Waals surface area contributed by atoms with Crippen molar-refractivity contribution in [1.29, 1.82) is 0 Å². The first kappa shape index (κ1) is 21.3. The molecule has 0 aromatic heterocycles. The number of phenols is 1. The number of ether oxygens (including phenoxy) is 1. The number of halogens is 2. The van der Waals surface area contributed by atoms with Gasteiger partial charge in [0.25, 0.3) is 0 Å². The van der Waals surface area contributed by atoms with E-state index in [1.165, 1.54) is 10.9 Å². The Morgan fingerprint density at radius 1 is 0.962 bits per heavy atom. The predicted octanol–water partition coefficient (Wildman–Crippen LogP) is 3.76. The van der Waals surface area contributed by atoms with Crippen LogP contribution in [0.5, 0.6) is 5.75 Å². The lowest BCUT2D eigenvalue weighted by Gasteiger charge is -2.41. The second-order valence-corrected chi connectivity index (χ2v) is 6.90. The lowest BCUT2D eigenvalue weighted by molar-refractivity contribution is 0.0217. The third-order valence-corrected chi connectivity index (χ3v) is 5.51. The number of hydrogen-bond acceptors (Lipinski definition) is 4. The van der Waals surface area contributed by atoms with Crippen LogP contribution in [0.25, 0.3) is 10.8 Å². The average Bonchev–Trinajstić information content (AvgIpc) is 2.66. The van der Waals surface area contributed by atoms with Crippen LogP contribution in [0, 0.1) is 5.92 Å². The summed E-state index contributed by atoms with van der Waals surface area (Å²) in [6, 6.07) is 12.7.